The normalized spacial score (nSPS) is 18.2. The van der Waals surface area contributed by atoms with Crippen molar-refractivity contribution in [1.29, 1.82) is 0 Å². The first-order valence-electron chi connectivity index (χ1n) is 10.3. The maximum Gasteiger partial charge on any atom is 0.269 e. The number of hydrogen-bond donors (Lipinski definition) is 2. The molecule has 1 aliphatic heterocycles. The highest BCUT2D eigenvalue weighted by Crippen LogP contribution is 2.34. The summed E-state index contributed by atoms with van der Waals surface area (Å²) >= 11 is 7.35. The molecule has 0 spiro atoms. The zero-order valence-corrected chi connectivity index (χ0v) is 19.0. The highest BCUT2D eigenvalue weighted by Gasteiger charge is 2.28. The topological polar surface area (TPSA) is 80.3 Å². The summed E-state index contributed by atoms with van der Waals surface area (Å²) < 4.78 is 18.9. The Morgan fingerprint density at radius 1 is 1.18 bits per heavy atom. The molecular formula is C24H21ClFN3O3S. The summed E-state index contributed by atoms with van der Waals surface area (Å²) in [6.07, 6.45) is 2.13. The van der Waals surface area contributed by atoms with E-state index in [0.29, 0.717) is 29.5 Å². The second-order valence-electron chi connectivity index (χ2n) is 7.45. The Bertz CT molecular complexity index is 1130. The molecule has 2 N–H and O–H groups in total. The SMILES string of the molecule is O=C(NC[C@@H]1CCS[C@H](c2cccc(Oc3ccc(F)cc3)c2)C(=O)N1)c1ccc(Cl)cn1. The molecule has 3 aromatic rings. The Labute approximate surface area is 199 Å². The Kier molecular flexibility index (Phi) is 7.47. The fourth-order valence-electron chi connectivity index (χ4n) is 3.35. The van der Waals surface area contributed by atoms with Gasteiger partial charge in [0.15, 0.2) is 0 Å². The molecule has 0 radical (unpaired) electrons. The van der Waals surface area contributed by atoms with Crippen LogP contribution in [0.1, 0.15) is 27.7 Å². The first-order valence-corrected chi connectivity index (χ1v) is 11.8. The molecule has 2 heterocycles. The molecule has 1 aromatic heterocycles. The Morgan fingerprint density at radius 3 is 2.76 bits per heavy atom. The van der Waals surface area contributed by atoms with E-state index in [0.717, 1.165) is 11.3 Å². The summed E-state index contributed by atoms with van der Waals surface area (Å²) in [6.45, 7) is 0.301. The van der Waals surface area contributed by atoms with Crippen molar-refractivity contribution in [3.63, 3.8) is 0 Å². The number of thioether (sulfide) groups is 1. The van der Waals surface area contributed by atoms with Crippen LogP contribution in [0.4, 0.5) is 4.39 Å². The van der Waals surface area contributed by atoms with Gasteiger partial charge in [0.1, 0.15) is 28.3 Å². The van der Waals surface area contributed by atoms with Gasteiger partial charge in [-0.15, -0.1) is 11.8 Å². The van der Waals surface area contributed by atoms with E-state index in [1.54, 1.807) is 42.1 Å². The lowest BCUT2D eigenvalue weighted by Gasteiger charge is -2.18. The smallest absolute Gasteiger partial charge is 0.269 e. The van der Waals surface area contributed by atoms with Crippen LogP contribution in [-0.2, 0) is 4.79 Å². The molecule has 2 amide bonds. The van der Waals surface area contributed by atoms with Crippen LogP contribution >= 0.6 is 23.4 Å². The number of amides is 2. The van der Waals surface area contributed by atoms with E-state index in [-0.39, 0.29) is 29.4 Å². The van der Waals surface area contributed by atoms with E-state index in [1.807, 2.05) is 18.2 Å². The monoisotopic (exact) mass is 485 g/mol. The molecule has 4 rings (SSSR count). The summed E-state index contributed by atoms with van der Waals surface area (Å²) in [5.74, 6) is 1.04. The van der Waals surface area contributed by atoms with E-state index in [2.05, 4.69) is 15.6 Å². The first kappa shape index (κ1) is 23.1. The first-order chi connectivity index (χ1) is 16.0. The van der Waals surface area contributed by atoms with E-state index in [4.69, 9.17) is 16.3 Å². The van der Waals surface area contributed by atoms with Crippen LogP contribution < -0.4 is 15.4 Å². The van der Waals surface area contributed by atoms with Crippen molar-refractivity contribution >= 4 is 35.2 Å². The number of benzene rings is 2. The van der Waals surface area contributed by atoms with Gasteiger partial charge >= 0.3 is 0 Å². The van der Waals surface area contributed by atoms with Gasteiger partial charge in [0, 0.05) is 18.8 Å². The number of hydrogen-bond acceptors (Lipinski definition) is 5. The number of carbonyl (C=O) groups is 2. The fourth-order valence-corrected chi connectivity index (χ4v) is 4.68. The third-order valence-electron chi connectivity index (χ3n) is 5.01. The minimum Gasteiger partial charge on any atom is -0.457 e. The Morgan fingerprint density at radius 2 is 2.00 bits per heavy atom. The molecular weight excluding hydrogens is 465 g/mol. The average Bonchev–Trinajstić information content (AvgIpc) is 3.00. The molecule has 2 aromatic carbocycles. The Hall–Kier alpha value is -3.10. The molecule has 0 aliphatic carbocycles. The van der Waals surface area contributed by atoms with Crippen LogP contribution in [-0.4, -0.2) is 35.1 Å². The molecule has 9 heteroatoms. The molecule has 0 saturated carbocycles. The van der Waals surface area contributed by atoms with Crippen molar-refractivity contribution in [2.75, 3.05) is 12.3 Å². The number of ether oxygens (including phenoxy) is 1. The lowest BCUT2D eigenvalue weighted by molar-refractivity contribution is -0.121. The number of nitrogens with zero attached hydrogens (tertiary/aromatic N) is 1. The van der Waals surface area contributed by atoms with Crippen molar-refractivity contribution in [3.8, 4) is 11.5 Å². The van der Waals surface area contributed by atoms with Crippen LogP contribution in [0.5, 0.6) is 11.5 Å². The van der Waals surface area contributed by atoms with Gasteiger partial charge < -0.3 is 15.4 Å². The zero-order valence-electron chi connectivity index (χ0n) is 17.5. The molecule has 0 bridgehead atoms. The minimum absolute atomic E-state index is 0.125. The van der Waals surface area contributed by atoms with Crippen molar-refractivity contribution in [2.45, 2.75) is 17.7 Å². The van der Waals surface area contributed by atoms with Crippen LogP contribution in [0.3, 0.4) is 0 Å². The van der Waals surface area contributed by atoms with Gasteiger partial charge in [-0.2, -0.15) is 0 Å². The van der Waals surface area contributed by atoms with Crippen LogP contribution in [0.2, 0.25) is 5.02 Å². The summed E-state index contributed by atoms with van der Waals surface area (Å²) in [5, 5.41) is 5.89. The van der Waals surface area contributed by atoms with Gasteiger partial charge in [-0.1, -0.05) is 23.7 Å². The van der Waals surface area contributed by atoms with Gasteiger partial charge in [-0.25, -0.2) is 9.37 Å². The van der Waals surface area contributed by atoms with Crippen molar-refractivity contribution in [2.24, 2.45) is 0 Å². The van der Waals surface area contributed by atoms with E-state index >= 15 is 0 Å². The van der Waals surface area contributed by atoms with Crippen molar-refractivity contribution in [3.05, 3.63) is 89.0 Å². The minimum atomic E-state index is -0.402. The van der Waals surface area contributed by atoms with Gasteiger partial charge in [0.05, 0.1) is 5.02 Å². The quantitative estimate of drug-likeness (QED) is 0.526. The van der Waals surface area contributed by atoms with Crippen molar-refractivity contribution in [1.82, 2.24) is 15.6 Å². The van der Waals surface area contributed by atoms with Crippen LogP contribution in [0.15, 0.2) is 66.9 Å². The second-order valence-corrected chi connectivity index (χ2v) is 9.09. The van der Waals surface area contributed by atoms with Crippen LogP contribution in [0, 0.1) is 5.82 Å². The summed E-state index contributed by atoms with van der Waals surface area (Å²) in [4.78, 5) is 29.2. The average molecular weight is 486 g/mol. The molecule has 1 fully saturated rings. The predicted octanol–water partition coefficient (Wildman–Crippen LogP) is 4.76. The number of aromatic nitrogens is 1. The highest BCUT2D eigenvalue weighted by molar-refractivity contribution is 8.00. The van der Waals surface area contributed by atoms with E-state index in [9.17, 15) is 14.0 Å². The number of nitrogens with one attached hydrogen (secondary N) is 2. The van der Waals surface area contributed by atoms with E-state index < -0.39 is 5.25 Å². The lowest BCUT2D eigenvalue weighted by Crippen LogP contribution is -2.44. The fraction of sp³-hybridized carbons (Fsp3) is 0.208. The third kappa shape index (κ3) is 6.24. The van der Waals surface area contributed by atoms with Crippen molar-refractivity contribution < 1.29 is 18.7 Å². The highest BCUT2D eigenvalue weighted by atomic mass is 35.5. The Balaban J connectivity index is 1.36. The second kappa shape index (κ2) is 10.7. The third-order valence-corrected chi connectivity index (χ3v) is 6.53. The maximum absolute atomic E-state index is 13.1. The number of pyridine rings is 1. The van der Waals surface area contributed by atoms with Crippen LogP contribution in [0.25, 0.3) is 0 Å². The molecule has 2 atom stereocenters. The number of halogens is 2. The summed E-state index contributed by atoms with van der Waals surface area (Å²) in [6, 6.07) is 16.0. The maximum atomic E-state index is 13.1. The standard InChI is InChI=1S/C24H21ClFN3O3S/c25-16-4-9-21(27-13-16)23(30)28-14-18-10-11-33-22(24(31)29-18)15-2-1-3-20(12-15)32-19-7-5-17(26)6-8-19/h1-9,12-13,18,22H,10-11,14H2,(H,28,30)(H,29,31)/t18-,22+/m0/s1. The summed E-state index contributed by atoms with van der Waals surface area (Å²) in [7, 11) is 0. The van der Waals surface area contributed by atoms with E-state index in [1.165, 1.54) is 18.3 Å². The summed E-state index contributed by atoms with van der Waals surface area (Å²) in [5.41, 5.74) is 1.08. The molecule has 1 saturated heterocycles. The molecule has 1 aliphatic rings. The molecule has 6 nitrogen and oxygen atoms in total. The van der Waals surface area contributed by atoms with Gasteiger partial charge in [0.25, 0.3) is 5.91 Å². The molecule has 0 unspecified atom stereocenters. The number of rotatable bonds is 6. The molecule has 170 valence electrons. The predicted molar refractivity (Wildman–Crippen MR) is 126 cm³/mol. The number of carbonyl (C=O) groups excluding carboxylic acids is 2. The van der Waals surface area contributed by atoms with Gasteiger partial charge in [0.2, 0.25) is 5.91 Å². The molecule has 33 heavy (non-hydrogen) atoms. The largest absolute Gasteiger partial charge is 0.457 e. The lowest BCUT2D eigenvalue weighted by atomic mass is 10.1. The van der Waals surface area contributed by atoms with Gasteiger partial charge in [-0.05, 0) is 66.3 Å². The van der Waals surface area contributed by atoms with Gasteiger partial charge in [-0.3, -0.25) is 9.59 Å². The zero-order chi connectivity index (χ0) is 23.2.